The van der Waals surface area contributed by atoms with Crippen molar-refractivity contribution in [2.75, 3.05) is 14.1 Å². The summed E-state index contributed by atoms with van der Waals surface area (Å²) in [5, 5.41) is 0. The second-order valence-corrected chi connectivity index (χ2v) is 6.92. The van der Waals surface area contributed by atoms with Crippen LogP contribution in [0.5, 0.6) is 0 Å². The van der Waals surface area contributed by atoms with E-state index in [1.54, 1.807) is 14.1 Å². The molecular weight excluding hydrogens is 284 g/mol. The zero-order valence-electron chi connectivity index (χ0n) is 12.7. The van der Waals surface area contributed by atoms with Gasteiger partial charge in [0, 0.05) is 14.1 Å². The highest BCUT2D eigenvalue weighted by atomic mass is 16.2. The van der Waals surface area contributed by atoms with Gasteiger partial charge in [-0.05, 0) is 25.7 Å². The molecule has 22 heavy (non-hydrogen) atoms. The third kappa shape index (κ3) is 1.55. The molecule has 0 unspecified atom stereocenters. The minimum Gasteiger partial charge on any atom is -0.285 e. The van der Waals surface area contributed by atoms with Crippen LogP contribution in [-0.4, -0.2) is 47.5 Å². The van der Waals surface area contributed by atoms with Gasteiger partial charge in [0.2, 0.25) is 23.6 Å². The monoisotopic (exact) mass is 302 g/mol. The van der Waals surface area contributed by atoms with E-state index in [2.05, 4.69) is 0 Å². The van der Waals surface area contributed by atoms with Crippen LogP contribution in [0.15, 0.2) is 11.1 Å². The Kier molecular flexibility index (Phi) is 2.65. The van der Waals surface area contributed by atoms with Crippen LogP contribution in [0.25, 0.3) is 0 Å². The van der Waals surface area contributed by atoms with Gasteiger partial charge in [-0.15, -0.1) is 0 Å². The molecule has 2 saturated carbocycles. The van der Waals surface area contributed by atoms with Crippen LogP contribution in [0.2, 0.25) is 0 Å². The molecule has 4 rings (SSSR count). The summed E-state index contributed by atoms with van der Waals surface area (Å²) in [5.74, 6) is -1.26. The Hall–Kier alpha value is -1.98. The lowest BCUT2D eigenvalue weighted by Gasteiger charge is -2.12. The van der Waals surface area contributed by atoms with E-state index in [-0.39, 0.29) is 47.3 Å². The van der Waals surface area contributed by atoms with E-state index >= 15 is 0 Å². The number of allylic oxidation sites excluding steroid dienone is 2. The third-order valence-corrected chi connectivity index (χ3v) is 5.93. The minimum absolute atomic E-state index is 0.0873. The molecule has 6 nitrogen and oxygen atoms in total. The van der Waals surface area contributed by atoms with Gasteiger partial charge in [0.05, 0.1) is 23.7 Å². The lowest BCUT2D eigenvalue weighted by Crippen LogP contribution is -2.27. The Bertz CT molecular complexity index is 557. The van der Waals surface area contributed by atoms with Crippen molar-refractivity contribution in [1.82, 2.24) is 9.80 Å². The second-order valence-electron chi connectivity index (χ2n) is 6.92. The van der Waals surface area contributed by atoms with Crippen LogP contribution in [0.4, 0.5) is 0 Å². The molecule has 0 aromatic carbocycles. The predicted molar refractivity (Wildman–Crippen MR) is 75.0 cm³/mol. The van der Waals surface area contributed by atoms with Crippen LogP contribution in [0.3, 0.4) is 0 Å². The van der Waals surface area contributed by atoms with E-state index < -0.39 is 0 Å². The van der Waals surface area contributed by atoms with Crippen molar-refractivity contribution >= 4 is 23.6 Å². The maximum Gasteiger partial charge on any atom is 0.233 e. The van der Waals surface area contributed by atoms with Crippen molar-refractivity contribution in [1.29, 1.82) is 0 Å². The zero-order chi connectivity index (χ0) is 15.8. The highest BCUT2D eigenvalue weighted by molar-refractivity contribution is 6.06. The Morgan fingerprint density at radius 3 is 1.05 bits per heavy atom. The summed E-state index contributed by atoms with van der Waals surface area (Å²) < 4.78 is 0. The number of likely N-dealkylation sites (tertiary alicyclic amines) is 2. The largest absolute Gasteiger partial charge is 0.285 e. The van der Waals surface area contributed by atoms with Gasteiger partial charge >= 0.3 is 0 Å². The summed E-state index contributed by atoms with van der Waals surface area (Å²) in [6, 6.07) is 0. The first-order chi connectivity index (χ1) is 10.4. The van der Waals surface area contributed by atoms with Crippen molar-refractivity contribution in [3.8, 4) is 0 Å². The molecular formula is C16H18N2O4. The first-order valence-corrected chi connectivity index (χ1v) is 7.72. The van der Waals surface area contributed by atoms with Crippen LogP contribution in [0, 0.1) is 23.7 Å². The summed E-state index contributed by atoms with van der Waals surface area (Å²) in [6.45, 7) is 0. The number of hydrogen-bond donors (Lipinski definition) is 0. The van der Waals surface area contributed by atoms with Crippen LogP contribution >= 0.6 is 0 Å². The molecule has 0 N–H and O–H groups in total. The van der Waals surface area contributed by atoms with E-state index in [4.69, 9.17) is 0 Å². The molecule has 2 aliphatic heterocycles. The minimum atomic E-state index is -0.227. The molecule has 2 saturated heterocycles. The molecule has 4 atom stereocenters. The molecule has 2 aliphatic carbocycles. The number of imide groups is 2. The van der Waals surface area contributed by atoms with Gasteiger partial charge in [-0.25, -0.2) is 0 Å². The highest BCUT2D eigenvalue weighted by Gasteiger charge is 2.53. The fraction of sp³-hybridized carbons (Fsp3) is 0.625. The van der Waals surface area contributed by atoms with Gasteiger partial charge in [0.1, 0.15) is 0 Å². The Morgan fingerprint density at radius 2 is 0.818 bits per heavy atom. The molecule has 0 bridgehead atoms. The molecule has 0 aromatic rings. The van der Waals surface area contributed by atoms with Gasteiger partial charge < -0.3 is 0 Å². The van der Waals surface area contributed by atoms with Gasteiger partial charge in [0.15, 0.2) is 0 Å². The number of nitrogens with zero attached hydrogens (tertiary/aromatic N) is 2. The van der Waals surface area contributed by atoms with Crippen LogP contribution in [0.1, 0.15) is 25.7 Å². The summed E-state index contributed by atoms with van der Waals surface area (Å²) in [5.41, 5.74) is 2.28. The number of amides is 4. The number of rotatable bonds is 0. The molecule has 4 amide bonds. The smallest absolute Gasteiger partial charge is 0.233 e. The molecule has 2 heterocycles. The topological polar surface area (TPSA) is 74.8 Å². The number of carbonyl (C=O) groups is 4. The zero-order valence-corrected chi connectivity index (χ0v) is 12.7. The van der Waals surface area contributed by atoms with Crippen LogP contribution < -0.4 is 0 Å². The quantitative estimate of drug-likeness (QED) is 0.477. The molecule has 6 heteroatoms. The number of fused-ring (bicyclic) bond motifs is 2. The third-order valence-electron chi connectivity index (χ3n) is 5.93. The van der Waals surface area contributed by atoms with Crippen molar-refractivity contribution < 1.29 is 19.2 Å². The van der Waals surface area contributed by atoms with E-state index in [0.29, 0.717) is 25.7 Å². The number of hydrogen-bond acceptors (Lipinski definition) is 4. The molecule has 0 spiro atoms. The fourth-order valence-electron chi connectivity index (χ4n) is 4.62. The molecule has 4 aliphatic rings. The summed E-state index contributed by atoms with van der Waals surface area (Å²) in [7, 11) is 3.09. The number of carbonyl (C=O) groups excluding carboxylic acids is 4. The van der Waals surface area contributed by atoms with Crippen LogP contribution in [-0.2, 0) is 19.2 Å². The second kappa shape index (κ2) is 4.27. The first kappa shape index (κ1) is 13.7. The van der Waals surface area contributed by atoms with Gasteiger partial charge in [-0.2, -0.15) is 0 Å². The maximum atomic E-state index is 12.1. The van der Waals surface area contributed by atoms with E-state index in [1.165, 1.54) is 9.80 Å². The van der Waals surface area contributed by atoms with Gasteiger partial charge in [0.25, 0.3) is 0 Å². The fourth-order valence-corrected chi connectivity index (χ4v) is 4.62. The van der Waals surface area contributed by atoms with Crippen molar-refractivity contribution in [2.45, 2.75) is 25.7 Å². The maximum absolute atomic E-state index is 12.1. The molecule has 4 fully saturated rings. The average Bonchev–Trinajstić information content (AvgIpc) is 3.21. The summed E-state index contributed by atoms with van der Waals surface area (Å²) in [4.78, 5) is 50.7. The Morgan fingerprint density at radius 1 is 0.591 bits per heavy atom. The Balaban J connectivity index is 1.59. The van der Waals surface area contributed by atoms with Gasteiger partial charge in [-0.1, -0.05) is 11.1 Å². The van der Waals surface area contributed by atoms with Gasteiger partial charge in [-0.3, -0.25) is 29.0 Å². The van der Waals surface area contributed by atoms with Crippen molar-refractivity contribution in [3.63, 3.8) is 0 Å². The molecule has 0 aromatic heterocycles. The standard InChI is InChI=1S/C16H18N2O4/c1-17-13(19)9-3-7(4-10(9)14(17)20)8-5-11-12(6-8)16(22)18(2)15(11)21/h9-12H,3-6H2,1-2H3/t9-,10+,11-,12+. The predicted octanol–water partition coefficient (Wildman–Crippen LogP) is 0.333. The lowest BCUT2D eigenvalue weighted by molar-refractivity contribution is -0.140. The van der Waals surface area contributed by atoms with Crippen molar-refractivity contribution in [3.05, 3.63) is 11.1 Å². The lowest BCUT2D eigenvalue weighted by atomic mass is 10.00. The van der Waals surface area contributed by atoms with E-state index in [9.17, 15) is 19.2 Å². The normalized spacial score (nSPS) is 41.0. The summed E-state index contributed by atoms with van der Waals surface area (Å²) in [6.07, 6.45) is 2.47. The Labute approximate surface area is 128 Å². The SMILES string of the molecule is CN1C(=O)[C@H]2CC(=C3C[C@@H]4C(=O)N(C)C(=O)[C@@H]4C3)C[C@H]2C1=O. The van der Waals surface area contributed by atoms with E-state index in [1.807, 2.05) is 0 Å². The highest BCUT2D eigenvalue weighted by Crippen LogP contribution is 2.49. The molecule has 0 radical (unpaired) electrons. The average molecular weight is 302 g/mol. The molecule has 116 valence electrons. The van der Waals surface area contributed by atoms with E-state index in [0.717, 1.165) is 11.1 Å². The first-order valence-electron chi connectivity index (χ1n) is 7.72. The van der Waals surface area contributed by atoms with Crippen molar-refractivity contribution in [2.24, 2.45) is 23.7 Å². The summed E-state index contributed by atoms with van der Waals surface area (Å²) >= 11 is 0.